The molecule has 0 aliphatic carbocycles. The molecule has 0 bridgehead atoms. The molecular formula is C32H35NO7. The maximum atomic E-state index is 13.6. The minimum absolute atomic E-state index is 0.0453. The number of ether oxygens (including phenoxy) is 4. The minimum atomic E-state index is -0.965. The van der Waals surface area contributed by atoms with Crippen molar-refractivity contribution in [1.29, 1.82) is 0 Å². The highest BCUT2D eigenvalue weighted by Gasteiger charge is 2.47. The van der Waals surface area contributed by atoms with Crippen LogP contribution in [0, 0.1) is 19.8 Å². The van der Waals surface area contributed by atoms with Gasteiger partial charge in [-0.1, -0.05) is 26.0 Å². The second kappa shape index (κ2) is 11.7. The van der Waals surface area contributed by atoms with Crippen LogP contribution in [0.5, 0.6) is 23.0 Å². The van der Waals surface area contributed by atoms with Gasteiger partial charge >= 0.3 is 0 Å². The summed E-state index contributed by atoms with van der Waals surface area (Å²) in [5.41, 5.74) is 3.08. The van der Waals surface area contributed by atoms with Crippen LogP contribution in [0.1, 0.15) is 42.1 Å². The van der Waals surface area contributed by atoms with Gasteiger partial charge in [-0.2, -0.15) is 0 Å². The molecule has 3 aromatic carbocycles. The molecule has 0 saturated carbocycles. The molecule has 4 rings (SSSR count). The van der Waals surface area contributed by atoms with Crippen molar-refractivity contribution in [3.63, 3.8) is 0 Å². The number of hydrogen-bond acceptors (Lipinski definition) is 7. The number of ketones is 1. The van der Waals surface area contributed by atoms with Crippen molar-refractivity contribution in [1.82, 2.24) is 0 Å². The highest BCUT2D eigenvalue weighted by Crippen LogP contribution is 2.47. The van der Waals surface area contributed by atoms with Crippen LogP contribution in [0.2, 0.25) is 0 Å². The largest absolute Gasteiger partial charge is 0.507 e. The van der Waals surface area contributed by atoms with Crippen LogP contribution < -0.4 is 23.8 Å². The zero-order chi connectivity index (χ0) is 29.1. The molecule has 210 valence electrons. The average molecular weight is 546 g/mol. The third-order valence-corrected chi connectivity index (χ3v) is 6.75. The van der Waals surface area contributed by atoms with E-state index < -0.39 is 17.7 Å². The lowest BCUT2D eigenvalue weighted by Crippen LogP contribution is -2.29. The van der Waals surface area contributed by atoms with Gasteiger partial charge in [-0.15, -0.1) is 0 Å². The SMILES string of the molecule is COc1cc(C2/C(=C(\O)c3ccc(OCC(C)C)c(C)c3)C(=O)C(=O)N2c2cccc(C)c2)cc(OC)c1OC. The third-order valence-electron chi connectivity index (χ3n) is 6.75. The smallest absolute Gasteiger partial charge is 0.300 e. The van der Waals surface area contributed by atoms with E-state index in [1.54, 1.807) is 36.4 Å². The molecule has 1 heterocycles. The van der Waals surface area contributed by atoms with E-state index in [0.717, 1.165) is 11.1 Å². The fourth-order valence-electron chi connectivity index (χ4n) is 4.82. The summed E-state index contributed by atoms with van der Waals surface area (Å²) in [6.45, 7) is 8.45. The van der Waals surface area contributed by atoms with Crippen LogP contribution in [-0.4, -0.2) is 44.7 Å². The van der Waals surface area contributed by atoms with Crippen molar-refractivity contribution in [3.8, 4) is 23.0 Å². The maximum absolute atomic E-state index is 13.6. The average Bonchev–Trinajstić information content (AvgIpc) is 3.20. The van der Waals surface area contributed by atoms with Crippen molar-refractivity contribution in [2.75, 3.05) is 32.8 Å². The number of Topliss-reactive ketones (excluding diaryl/α,β-unsaturated/α-hetero) is 1. The quantitative estimate of drug-likeness (QED) is 0.200. The number of methoxy groups -OCH3 is 3. The summed E-state index contributed by atoms with van der Waals surface area (Å²) in [6.07, 6.45) is 0. The summed E-state index contributed by atoms with van der Waals surface area (Å²) in [5.74, 6) is 0.285. The van der Waals surface area contributed by atoms with Crippen LogP contribution in [0.15, 0.2) is 60.2 Å². The number of aliphatic hydroxyl groups excluding tert-OH is 1. The zero-order valence-corrected chi connectivity index (χ0v) is 23.9. The molecule has 1 aliphatic rings. The molecule has 1 N–H and O–H groups in total. The Hall–Kier alpha value is -4.46. The van der Waals surface area contributed by atoms with Crippen molar-refractivity contribution >= 4 is 23.1 Å². The monoisotopic (exact) mass is 545 g/mol. The lowest BCUT2D eigenvalue weighted by Gasteiger charge is -2.27. The van der Waals surface area contributed by atoms with Crippen molar-refractivity contribution in [3.05, 3.63) is 82.4 Å². The number of anilines is 1. The van der Waals surface area contributed by atoms with E-state index in [1.807, 2.05) is 32.0 Å². The first kappa shape index (κ1) is 28.5. The number of nitrogens with zero attached hydrogens (tertiary/aromatic N) is 1. The van der Waals surface area contributed by atoms with Crippen LogP contribution in [0.25, 0.3) is 5.76 Å². The maximum Gasteiger partial charge on any atom is 0.300 e. The standard InChI is InChI=1S/C32H35NO7/c1-18(2)17-40-24-12-11-21(14-20(24)4)29(34)27-28(22-15-25(37-5)31(39-7)26(16-22)38-6)33(32(36)30(27)35)23-10-8-9-19(3)13-23/h8-16,18,28,34H,17H2,1-7H3/b29-27+. The molecule has 1 fully saturated rings. The van der Waals surface area contributed by atoms with Crippen LogP contribution >= 0.6 is 0 Å². The number of benzene rings is 3. The summed E-state index contributed by atoms with van der Waals surface area (Å²) in [6, 6.07) is 14.9. The first-order chi connectivity index (χ1) is 19.1. The fraction of sp³-hybridized carbons (Fsp3) is 0.312. The zero-order valence-electron chi connectivity index (χ0n) is 23.9. The van der Waals surface area contributed by atoms with Gasteiger partial charge in [0.25, 0.3) is 11.7 Å². The predicted octanol–water partition coefficient (Wildman–Crippen LogP) is 5.99. The first-order valence-corrected chi connectivity index (χ1v) is 13.0. The minimum Gasteiger partial charge on any atom is -0.507 e. The molecule has 8 heteroatoms. The topological polar surface area (TPSA) is 94.5 Å². The fourth-order valence-corrected chi connectivity index (χ4v) is 4.82. The number of amides is 1. The molecule has 0 radical (unpaired) electrons. The molecule has 1 amide bonds. The summed E-state index contributed by atoms with van der Waals surface area (Å²) in [4.78, 5) is 28.6. The Kier molecular flexibility index (Phi) is 8.38. The van der Waals surface area contributed by atoms with Gasteiger partial charge in [0.15, 0.2) is 11.5 Å². The Balaban J connectivity index is 1.94. The normalized spacial score (nSPS) is 16.4. The van der Waals surface area contributed by atoms with Gasteiger partial charge in [0.05, 0.1) is 39.6 Å². The van der Waals surface area contributed by atoms with E-state index in [1.165, 1.54) is 26.2 Å². The molecule has 3 aromatic rings. The molecule has 1 aliphatic heterocycles. The van der Waals surface area contributed by atoms with Gasteiger partial charge in [0, 0.05) is 11.3 Å². The molecule has 1 unspecified atom stereocenters. The Labute approximate surface area is 234 Å². The third kappa shape index (κ3) is 5.34. The highest BCUT2D eigenvalue weighted by molar-refractivity contribution is 6.51. The summed E-state index contributed by atoms with van der Waals surface area (Å²) in [7, 11) is 4.48. The van der Waals surface area contributed by atoms with Gasteiger partial charge in [-0.3, -0.25) is 14.5 Å². The summed E-state index contributed by atoms with van der Waals surface area (Å²) < 4.78 is 22.5. The lowest BCUT2D eigenvalue weighted by molar-refractivity contribution is -0.132. The van der Waals surface area contributed by atoms with E-state index >= 15 is 0 Å². The number of carbonyl (C=O) groups excluding carboxylic acids is 2. The van der Waals surface area contributed by atoms with Crippen molar-refractivity contribution in [2.24, 2.45) is 5.92 Å². The second-order valence-electron chi connectivity index (χ2n) is 10.2. The van der Waals surface area contributed by atoms with Crippen LogP contribution in [0.4, 0.5) is 5.69 Å². The molecular weight excluding hydrogens is 510 g/mol. The number of aryl methyl sites for hydroxylation is 2. The molecule has 0 aromatic heterocycles. The van der Waals surface area contributed by atoms with Gasteiger partial charge in [-0.05, 0) is 78.9 Å². The summed E-state index contributed by atoms with van der Waals surface area (Å²) in [5, 5.41) is 11.6. The van der Waals surface area contributed by atoms with E-state index in [-0.39, 0.29) is 11.3 Å². The lowest BCUT2D eigenvalue weighted by atomic mass is 9.94. The van der Waals surface area contributed by atoms with E-state index in [2.05, 4.69) is 13.8 Å². The number of carbonyl (C=O) groups is 2. The molecule has 0 spiro atoms. The second-order valence-corrected chi connectivity index (χ2v) is 10.2. The molecule has 1 saturated heterocycles. The van der Waals surface area contributed by atoms with Crippen molar-refractivity contribution in [2.45, 2.75) is 33.7 Å². The van der Waals surface area contributed by atoms with Crippen molar-refractivity contribution < 1.29 is 33.6 Å². The summed E-state index contributed by atoms with van der Waals surface area (Å²) >= 11 is 0. The first-order valence-electron chi connectivity index (χ1n) is 13.0. The molecule has 8 nitrogen and oxygen atoms in total. The number of rotatable bonds is 9. The van der Waals surface area contributed by atoms with E-state index in [9.17, 15) is 14.7 Å². The molecule has 40 heavy (non-hydrogen) atoms. The molecule has 1 atom stereocenters. The van der Waals surface area contributed by atoms with E-state index in [0.29, 0.717) is 52.3 Å². The highest BCUT2D eigenvalue weighted by atomic mass is 16.5. The number of aliphatic hydroxyl groups is 1. The Morgan fingerprint density at radius 2 is 1.57 bits per heavy atom. The van der Waals surface area contributed by atoms with Crippen LogP contribution in [-0.2, 0) is 9.59 Å². The van der Waals surface area contributed by atoms with E-state index in [4.69, 9.17) is 18.9 Å². The van der Waals surface area contributed by atoms with Crippen LogP contribution in [0.3, 0.4) is 0 Å². The van der Waals surface area contributed by atoms with Gasteiger partial charge in [0.2, 0.25) is 5.75 Å². The Morgan fingerprint density at radius 3 is 2.12 bits per heavy atom. The Morgan fingerprint density at radius 1 is 0.900 bits per heavy atom. The Bertz CT molecular complexity index is 1450. The van der Waals surface area contributed by atoms with Gasteiger partial charge in [-0.25, -0.2) is 0 Å². The van der Waals surface area contributed by atoms with Gasteiger partial charge < -0.3 is 24.1 Å². The number of hydrogen-bond donors (Lipinski definition) is 1. The van der Waals surface area contributed by atoms with Gasteiger partial charge in [0.1, 0.15) is 11.5 Å². The predicted molar refractivity (Wildman–Crippen MR) is 154 cm³/mol.